The lowest BCUT2D eigenvalue weighted by Crippen LogP contribution is -2.29. The van der Waals surface area contributed by atoms with Crippen LogP contribution < -0.4 is 5.32 Å². The largest absolute Gasteiger partial charge is 0.420 e. The maximum Gasteiger partial charge on any atom is 0.420 e. The Morgan fingerprint density at radius 1 is 1.41 bits per heavy atom. The molecule has 0 bridgehead atoms. The van der Waals surface area contributed by atoms with E-state index in [1.54, 1.807) is 13.8 Å². The topological polar surface area (TPSA) is 59.3 Å². The summed E-state index contributed by atoms with van der Waals surface area (Å²) in [5.41, 5.74) is -1.24. The monoisotopic (exact) mass is 334 g/mol. The van der Waals surface area contributed by atoms with E-state index >= 15 is 0 Å². The maximum atomic E-state index is 13.0. The van der Waals surface area contributed by atoms with Gasteiger partial charge in [-0.15, -0.1) is 10.2 Å². The Balaban J connectivity index is 2.26. The maximum absolute atomic E-state index is 13.0. The number of nitrogens with one attached hydrogen (secondary N) is 1. The van der Waals surface area contributed by atoms with Crippen LogP contribution in [-0.2, 0) is 17.4 Å². The van der Waals surface area contributed by atoms with Gasteiger partial charge in [0.05, 0.1) is 5.02 Å². The van der Waals surface area contributed by atoms with Crippen molar-refractivity contribution in [3.05, 3.63) is 28.7 Å². The number of hydrogen-bond acceptors (Lipinski definition) is 3. The van der Waals surface area contributed by atoms with Gasteiger partial charge < -0.3 is 5.32 Å². The van der Waals surface area contributed by atoms with Crippen LogP contribution in [0.2, 0.25) is 5.02 Å². The molecule has 0 atom stereocenters. The number of rotatable bonds is 4. The molecule has 5 nitrogen and oxygen atoms in total. The van der Waals surface area contributed by atoms with E-state index < -0.39 is 11.7 Å². The minimum Gasteiger partial charge on any atom is -0.355 e. The zero-order valence-corrected chi connectivity index (χ0v) is 12.7. The number of carbonyl (C=O) groups is 1. The van der Waals surface area contributed by atoms with Gasteiger partial charge in [-0.2, -0.15) is 13.2 Å². The molecule has 0 aliphatic rings. The second-order valence-corrected chi connectivity index (χ2v) is 5.51. The van der Waals surface area contributed by atoms with Gasteiger partial charge in [0.25, 0.3) is 0 Å². The Hall–Kier alpha value is -1.83. The van der Waals surface area contributed by atoms with Crippen molar-refractivity contribution in [1.29, 1.82) is 0 Å². The Kier molecular flexibility index (Phi) is 4.60. The first-order valence-corrected chi connectivity index (χ1v) is 6.96. The molecule has 9 heteroatoms. The molecular weight excluding hydrogens is 321 g/mol. The van der Waals surface area contributed by atoms with E-state index in [0.717, 1.165) is 6.07 Å². The highest BCUT2D eigenvalue weighted by atomic mass is 35.5. The molecule has 2 aromatic rings. The predicted octanol–water partition coefficient (Wildman–Crippen LogP) is 2.72. The third-order valence-corrected chi connectivity index (χ3v) is 3.23. The van der Waals surface area contributed by atoms with Crippen molar-refractivity contribution in [3.8, 4) is 0 Å². The highest BCUT2D eigenvalue weighted by Crippen LogP contribution is 2.33. The summed E-state index contributed by atoms with van der Waals surface area (Å²) in [7, 11) is 0. The fourth-order valence-corrected chi connectivity index (χ4v) is 2.09. The highest BCUT2D eigenvalue weighted by molar-refractivity contribution is 6.30. The zero-order chi connectivity index (χ0) is 16.5. The zero-order valence-electron chi connectivity index (χ0n) is 11.9. The third-order valence-electron chi connectivity index (χ3n) is 3.02. The van der Waals surface area contributed by atoms with Crippen LogP contribution in [0, 0.1) is 5.92 Å². The molecule has 0 aliphatic carbocycles. The summed E-state index contributed by atoms with van der Waals surface area (Å²) in [6.07, 6.45) is -2.99. The Morgan fingerprint density at radius 2 is 2.09 bits per heavy atom. The molecule has 0 radical (unpaired) electrons. The number of nitrogens with zero attached hydrogens (tertiary/aromatic N) is 3. The quantitative estimate of drug-likeness (QED) is 0.935. The summed E-state index contributed by atoms with van der Waals surface area (Å²) < 4.78 is 40.1. The van der Waals surface area contributed by atoms with E-state index in [9.17, 15) is 18.0 Å². The third kappa shape index (κ3) is 3.49. The first-order valence-electron chi connectivity index (χ1n) is 6.58. The van der Waals surface area contributed by atoms with Gasteiger partial charge in [0.2, 0.25) is 5.91 Å². The summed E-state index contributed by atoms with van der Waals surface area (Å²) >= 11 is 5.74. The lowest BCUT2D eigenvalue weighted by Gasteiger charge is -2.09. The molecule has 2 aromatic heterocycles. The molecule has 0 saturated heterocycles. The summed E-state index contributed by atoms with van der Waals surface area (Å²) in [5.74, 6) is -0.00342. The second-order valence-electron chi connectivity index (χ2n) is 5.08. The minimum atomic E-state index is -4.57. The SMILES string of the molecule is CC(C)C(=O)NCCc1nnc2c(C(F)(F)F)cc(Cl)cn12. The van der Waals surface area contributed by atoms with Gasteiger partial charge in [-0.1, -0.05) is 25.4 Å². The van der Waals surface area contributed by atoms with Gasteiger partial charge in [-0.05, 0) is 6.07 Å². The minimum absolute atomic E-state index is 0.0629. The van der Waals surface area contributed by atoms with Gasteiger partial charge >= 0.3 is 6.18 Å². The predicted molar refractivity (Wildman–Crippen MR) is 74.6 cm³/mol. The summed E-state index contributed by atoms with van der Waals surface area (Å²) in [6, 6.07) is 0.815. The molecule has 0 saturated carbocycles. The number of halogens is 4. The summed E-state index contributed by atoms with van der Waals surface area (Å²) in [4.78, 5) is 11.5. The normalized spacial score (nSPS) is 12.1. The lowest BCUT2D eigenvalue weighted by atomic mass is 10.2. The van der Waals surface area contributed by atoms with Gasteiger partial charge in [-0.25, -0.2) is 0 Å². The van der Waals surface area contributed by atoms with E-state index in [2.05, 4.69) is 15.5 Å². The molecular formula is C13H14ClF3N4O. The van der Waals surface area contributed by atoms with Crippen LogP contribution in [0.25, 0.3) is 5.65 Å². The van der Waals surface area contributed by atoms with Gasteiger partial charge in [-0.3, -0.25) is 9.20 Å². The van der Waals surface area contributed by atoms with Crippen LogP contribution in [0.1, 0.15) is 25.2 Å². The van der Waals surface area contributed by atoms with Gasteiger partial charge in [0.15, 0.2) is 5.65 Å². The van der Waals surface area contributed by atoms with Crippen molar-refractivity contribution in [3.63, 3.8) is 0 Å². The first kappa shape index (κ1) is 16.5. The van der Waals surface area contributed by atoms with Crippen molar-refractivity contribution in [2.24, 2.45) is 5.92 Å². The standard InChI is InChI=1S/C13H14ClF3N4O/c1-7(2)12(22)18-4-3-10-19-20-11-9(13(15,16)17)5-8(14)6-21(10)11/h5-7H,3-4H2,1-2H3,(H,18,22). The van der Waals surface area contributed by atoms with Crippen LogP contribution in [0.15, 0.2) is 12.3 Å². The molecule has 2 heterocycles. The van der Waals surface area contributed by atoms with Crippen molar-refractivity contribution < 1.29 is 18.0 Å². The highest BCUT2D eigenvalue weighted by Gasteiger charge is 2.35. The Labute approximate surface area is 129 Å². The number of alkyl halides is 3. The Morgan fingerprint density at radius 3 is 2.68 bits per heavy atom. The molecule has 0 aromatic carbocycles. The number of fused-ring (bicyclic) bond motifs is 1. The van der Waals surface area contributed by atoms with E-state index in [1.807, 2.05) is 0 Å². The van der Waals surface area contributed by atoms with Crippen molar-refractivity contribution in [2.75, 3.05) is 6.54 Å². The van der Waals surface area contributed by atoms with Crippen molar-refractivity contribution >= 4 is 23.2 Å². The van der Waals surface area contributed by atoms with Crippen LogP contribution in [-0.4, -0.2) is 27.0 Å². The van der Waals surface area contributed by atoms with E-state index in [-0.39, 0.29) is 35.5 Å². The molecule has 120 valence electrons. The molecule has 2 rings (SSSR count). The summed E-state index contributed by atoms with van der Waals surface area (Å²) in [6.45, 7) is 3.75. The summed E-state index contributed by atoms with van der Waals surface area (Å²) in [5, 5.41) is 9.94. The van der Waals surface area contributed by atoms with Crippen molar-refractivity contribution in [1.82, 2.24) is 19.9 Å². The van der Waals surface area contributed by atoms with E-state index in [4.69, 9.17) is 11.6 Å². The average molecular weight is 335 g/mol. The number of hydrogen-bond donors (Lipinski definition) is 1. The molecule has 1 amide bonds. The fraction of sp³-hybridized carbons (Fsp3) is 0.462. The number of carbonyl (C=O) groups excluding carboxylic acids is 1. The van der Waals surface area contributed by atoms with Crippen LogP contribution in [0.4, 0.5) is 13.2 Å². The van der Waals surface area contributed by atoms with Crippen LogP contribution in [0.3, 0.4) is 0 Å². The van der Waals surface area contributed by atoms with Gasteiger partial charge in [0.1, 0.15) is 11.4 Å². The molecule has 0 spiro atoms. The van der Waals surface area contributed by atoms with Crippen LogP contribution >= 0.6 is 11.6 Å². The Bertz CT molecular complexity index is 696. The molecule has 0 unspecified atom stereocenters. The number of aromatic nitrogens is 3. The molecule has 0 fully saturated rings. The van der Waals surface area contributed by atoms with Crippen molar-refractivity contribution in [2.45, 2.75) is 26.4 Å². The number of pyridine rings is 1. The molecule has 1 N–H and O–H groups in total. The lowest BCUT2D eigenvalue weighted by molar-refractivity contribution is -0.136. The van der Waals surface area contributed by atoms with E-state index in [0.29, 0.717) is 5.82 Å². The molecule has 22 heavy (non-hydrogen) atoms. The number of amides is 1. The van der Waals surface area contributed by atoms with E-state index in [1.165, 1.54) is 10.6 Å². The fourth-order valence-electron chi connectivity index (χ4n) is 1.89. The first-order chi connectivity index (χ1) is 10.2. The smallest absolute Gasteiger partial charge is 0.355 e. The van der Waals surface area contributed by atoms with Gasteiger partial charge in [0, 0.05) is 25.1 Å². The second kappa shape index (κ2) is 6.12. The average Bonchev–Trinajstić information content (AvgIpc) is 2.79. The molecule has 0 aliphatic heterocycles. The van der Waals surface area contributed by atoms with Crippen LogP contribution in [0.5, 0.6) is 0 Å².